The number of carbonyl (C=O) groups excluding carboxylic acids is 1. The topological polar surface area (TPSA) is 93.0 Å². The van der Waals surface area contributed by atoms with Gasteiger partial charge in [0, 0.05) is 56.6 Å². The van der Waals surface area contributed by atoms with Crippen molar-refractivity contribution in [3.05, 3.63) is 48.4 Å². The highest BCUT2D eigenvalue weighted by Crippen LogP contribution is 2.32. The average molecular weight is 425 g/mol. The van der Waals surface area contributed by atoms with E-state index < -0.39 is 6.23 Å². The monoisotopic (exact) mass is 425 g/mol. The fourth-order valence-electron chi connectivity index (χ4n) is 3.84. The maximum Gasteiger partial charge on any atom is 0.293 e. The molecule has 9 heteroatoms. The highest BCUT2D eigenvalue weighted by molar-refractivity contribution is 5.91. The van der Waals surface area contributed by atoms with Crippen LogP contribution in [0.3, 0.4) is 0 Å². The smallest absolute Gasteiger partial charge is 0.293 e. The number of ether oxygens (including phenoxy) is 2. The number of aliphatic hydroxyl groups is 1. The van der Waals surface area contributed by atoms with Crippen LogP contribution < -0.4 is 9.64 Å². The van der Waals surface area contributed by atoms with E-state index in [0.29, 0.717) is 45.2 Å². The number of aliphatic hydroxyl groups excluding tert-OH is 1. The molecule has 0 spiro atoms. The first-order valence-corrected chi connectivity index (χ1v) is 10.4. The van der Waals surface area contributed by atoms with Crippen molar-refractivity contribution in [2.75, 3.05) is 37.7 Å². The number of aryl methyl sites for hydroxylation is 1. The summed E-state index contributed by atoms with van der Waals surface area (Å²) in [5.74, 6) is 0.540. The molecule has 1 N–H and O–H groups in total. The Hall–Kier alpha value is -3.17. The molecule has 164 valence electrons. The Morgan fingerprint density at radius 3 is 2.90 bits per heavy atom. The van der Waals surface area contributed by atoms with Gasteiger partial charge in [0.1, 0.15) is 25.1 Å². The van der Waals surface area contributed by atoms with E-state index in [9.17, 15) is 9.90 Å². The lowest BCUT2D eigenvalue weighted by Gasteiger charge is -2.39. The number of β-amino-alcohol motifs (C(OH)–C–C–N with tert-alkyl or cyclic N) is 1. The molecule has 0 saturated carbocycles. The molecule has 1 atom stereocenters. The lowest BCUT2D eigenvalue weighted by molar-refractivity contribution is -0.129. The van der Waals surface area contributed by atoms with Crippen molar-refractivity contribution in [3.8, 4) is 5.88 Å². The average Bonchev–Trinajstić information content (AvgIpc) is 3.16. The van der Waals surface area contributed by atoms with Crippen molar-refractivity contribution in [2.45, 2.75) is 26.3 Å². The van der Waals surface area contributed by atoms with Crippen LogP contribution in [-0.2, 0) is 22.7 Å². The van der Waals surface area contributed by atoms with Gasteiger partial charge in [-0.05, 0) is 25.1 Å². The minimum absolute atomic E-state index is 0.330. The number of aromatic nitrogens is 3. The Kier molecular flexibility index (Phi) is 6.63. The Labute approximate surface area is 180 Å². The molecule has 0 bridgehead atoms. The van der Waals surface area contributed by atoms with Crippen molar-refractivity contribution in [2.24, 2.45) is 0 Å². The SMILES string of the molecule is CCn1cc(N2CCN(CCOC=O)CC2O)c2ccc(OCc3ccccn3)nc21. The first kappa shape index (κ1) is 21.1. The molecule has 0 aromatic carbocycles. The van der Waals surface area contributed by atoms with Gasteiger partial charge in [0.15, 0.2) is 0 Å². The summed E-state index contributed by atoms with van der Waals surface area (Å²) in [5, 5.41) is 11.7. The summed E-state index contributed by atoms with van der Waals surface area (Å²) in [6, 6.07) is 9.56. The quantitative estimate of drug-likeness (QED) is 0.409. The summed E-state index contributed by atoms with van der Waals surface area (Å²) in [4.78, 5) is 23.4. The van der Waals surface area contributed by atoms with Crippen molar-refractivity contribution in [1.29, 1.82) is 0 Å². The zero-order chi connectivity index (χ0) is 21.6. The Morgan fingerprint density at radius 1 is 1.26 bits per heavy atom. The van der Waals surface area contributed by atoms with Gasteiger partial charge in [-0.25, -0.2) is 0 Å². The standard InChI is InChI=1S/C22H27N5O4/c1-2-26-13-19(27-10-9-25(14-21(27)29)11-12-30-16-28)18-6-7-20(24-22(18)26)31-15-17-5-3-4-8-23-17/h3-8,13,16,21,29H,2,9-12,14-15H2,1H3. The van der Waals surface area contributed by atoms with Gasteiger partial charge in [-0.15, -0.1) is 0 Å². The van der Waals surface area contributed by atoms with Crippen LogP contribution >= 0.6 is 0 Å². The van der Waals surface area contributed by atoms with E-state index in [0.717, 1.165) is 35.5 Å². The number of pyridine rings is 2. The maximum absolute atomic E-state index is 10.8. The second kappa shape index (κ2) is 9.76. The molecule has 1 unspecified atom stereocenters. The molecule has 3 aromatic rings. The third-order valence-electron chi connectivity index (χ3n) is 5.45. The van der Waals surface area contributed by atoms with Gasteiger partial charge in [0.05, 0.1) is 11.4 Å². The Bertz CT molecular complexity index is 1010. The van der Waals surface area contributed by atoms with Crippen LogP contribution in [0.1, 0.15) is 12.6 Å². The molecule has 4 heterocycles. The summed E-state index contributed by atoms with van der Waals surface area (Å²) in [5.41, 5.74) is 2.62. The number of anilines is 1. The van der Waals surface area contributed by atoms with Gasteiger partial charge in [-0.3, -0.25) is 14.7 Å². The van der Waals surface area contributed by atoms with E-state index in [1.165, 1.54) is 0 Å². The van der Waals surface area contributed by atoms with Gasteiger partial charge in [-0.2, -0.15) is 4.98 Å². The third kappa shape index (κ3) is 4.78. The van der Waals surface area contributed by atoms with E-state index in [-0.39, 0.29) is 0 Å². The highest BCUT2D eigenvalue weighted by Gasteiger charge is 2.28. The van der Waals surface area contributed by atoms with Crippen LogP contribution in [0, 0.1) is 0 Å². The molecule has 9 nitrogen and oxygen atoms in total. The zero-order valence-corrected chi connectivity index (χ0v) is 17.6. The predicted molar refractivity (Wildman–Crippen MR) is 116 cm³/mol. The largest absolute Gasteiger partial charge is 0.471 e. The van der Waals surface area contributed by atoms with Gasteiger partial charge >= 0.3 is 0 Å². The van der Waals surface area contributed by atoms with Crippen molar-refractivity contribution in [3.63, 3.8) is 0 Å². The van der Waals surface area contributed by atoms with E-state index in [2.05, 4.69) is 21.4 Å². The van der Waals surface area contributed by atoms with Gasteiger partial charge in [0.2, 0.25) is 5.88 Å². The predicted octanol–water partition coefficient (Wildman–Crippen LogP) is 1.64. The Morgan fingerprint density at radius 2 is 2.16 bits per heavy atom. The molecule has 0 aliphatic carbocycles. The first-order chi connectivity index (χ1) is 15.2. The first-order valence-electron chi connectivity index (χ1n) is 10.4. The number of piperazine rings is 1. The normalized spacial score (nSPS) is 17.1. The van der Waals surface area contributed by atoms with Crippen LogP contribution in [0.4, 0.5) is 5.69 Å². The molecule has 0 radical (unpaired) electrons. The van der Waals surface area contributed by atoms with Crippen molar-refractivity contribution < 1.29 is 19.4 Å². The van der Waals surface area contributed by atoms with Crippen LogP contribution in [0.25, 0.3) is 11.0 Å². The summed E-state index contributed by atoms with van der Waals surface area (Å²) in [6.07, 6.45) is 3.12. The number of rotatable bonds is 9. The van der Waals surface area contributed by atoms with Crippen molar-refractivity contribution in [1.82, 2.24) is 19.4 Å². The minimum Gasteiger partial charge on any atom is -0.471 e. The lowest BCUT2D eigenvalue weighted by Crippen LogP contribution is -2.53. The fraction of sp³-hybridized carbons (Fsp3) is 0.409. The molecule has 1 saturated heterocycles. The van der Waals surface area contributed by atoms with E-state index in [1.54, 1.807) is 6.20 Å². The number of hydrogen-bond donors (Lipinski definition) is 1. The number of fused-ring (bicyclic) bond motifs is 1. The molecule has 4 rings (SSSR count). The number of hydrogen-bond acceptors (Lipinski definition) is 8. The molecule has 31 heavy (non-hydrogen) atoms. The Balaban J connectivity index is 1.50. The molecule has 1 aliphatic heterocycles. The van der Waals surface area contributed by atoms with Crippen LogP contribution in [0.5, 0.6) is 5.88 Å². The number of carbonyl (C=O) groups is 1. The molecule has 0 amide bonds. The highest BCUT2D eigenvalue weighted by atomic mass is 16.5. The molecular weight excluding hydrogens is 398 g/mol. The van der Waals surface area contributed by atoms with Crippen molar-refractivity contribution >= 4 is 23.2 Å². The molecule has 1 aliphatic rings. The van der Waals surface area contributed by atoms with Gasteiger partial charge in [0.25, 0.3) is 6.47 Å². The van der Waals surface area contributed by atoms with Crippen LogP contribution in [0.15, 0.2) is 42.7 Å². The summed E-state index contributed by atoms with van der Waals surface area (Å²) >= 11 is 0. The van der Waals surface area contributed by atoms with Gasteiger partial charge < -0.3 is 24.0 Å². The second-order valence-electron chi connectivity index (χ2n) is 7.37. The number of nitrogens with zero attached hydrogens (tertiary/aromatic N) is 5. The zero-order valence-electron chi connectivity index (χ0n) is 17.6. The molecular formula is C22H27N5O4. The van der Waals surface area contributed by atoms with E-state index in [4.69, 9.17) is 14.5 Å². The lowest BCUT2D eigenvalue weighted by atomic mass is 10.2. The summed E-state index contributed by atoms with van der Waals surface area (Å²) in [6.45, 7) is 6.50. The second-order valence-corrected chi connectivity index (χ2v) is 7.37. The summed E-state index contributed by atoms with van der Waals surface area (Å²) in [7, 11) is 0. The van der Waals surface area contributed by atoms with Gasteiger partial charge in [-0.1, -0.05) is 6.07 Å². The fourth-order valence-corrected chi connectivity index (χ4v) is 3.84. The molecule has 1 fully saturated rings. The summed E-state index contributed by atoms with van der Waals surface area (Å²) < 4.78 is 12.7. The molecule has 3 aromatic heterocycles. The third-order valence-corrected chi connectivity index (χ3v) is 5.45. The van der Waals surface area contributed by atoms with Crippen LogP contribution in [0.2, 0.25) is 0 Å². The van der Waals surface area contributed by atoms with E-state index >= 15 is 0 Å². The minimum atomic E-state index is -0.652. The van der Waals surface area contributed by atoms with Crippen LogP contribution in [-0.4, -0.2) is 70.0 Å². The maximum atomic E-state index is 10.8. The van der Waals surface area contributed by atoms with E-state index in [1.807, 2.05) is 41.4 Å².